The lowest BCUT2D eigenvalue weighted by atomic mass is 9.89. The minimum Gasteiger partial charge on any atom is -0.493 e. The van der Waals surface area contributed by atoms with Gasteiger partial charge in [-0.2, -0.15) is 0 Å². The number of carbonyl (C=O) groups excluding carboxylic acids is 1. The van der Waals surface area contributed by atoms with Crippen molar-refractivity contribution in [3.05, 3.63) is 71.7 Å². The van der Waals surface area contributed by atoms with Gasteiger partial charge in [0.2, 0.25) is 0 Å². The van der Waals surface area contributed by atoms with Crippen molar-refractivity contribution in [3.63, 3.8) is 0 Å². The van der Waals surface area contributed by atoms with Crippen LogP contribution in [0.2, 0.25) is 0 Å². The van der Waals surface area contributed by atoms with E-state index in [0.717, 1.165) is 54.3 Å². The van der Waals surface area contributed by atoms with Gasteiger partial charge >= 0.3 is 0 Å². The number of benzene rings is 1. The molecule has 0 N–H and O–H groups in total. The SMILES string of the molecule is CCN1c2cccnc2-n2cccc2C12CCN(C(=O)c1ccc3c(c1)CCO3)C2. The van der Waals surface area contributed by atoms with Crippen molar-refractivity contribution in [1.29, 1.82) is 0 Å². The highest BCUT2D eigenvalue weighted by Crippen LogP contribution is 2.47. The van der Waals surface area contributed by atoms with Gasteiger partial charge in [-0.3, -0.25) is 4.79 Å². The summed E-state index contributed by atoms with van der Waals surface area (Å²) < 4.78 is 7.80. The molecule has 0 radical (unpaired) electrons. The molecule has 1 fully saturated rings. The smallest absolute Gasteiger partial charge is 0.253 e. The number of hydrogen-bond acceptors (Lipinski definition) is 4. The molecular formula is C24H24N4O2. The Kier molecular flexibility index (Phi) is 3.72. The van der Waals surface area contributed by atoms with Crippen molar-refractivity contribution in [2.45, 2.75) is 25.3 Å². The third kappa shape index (κ3) is 2.30. The average Bonchev–Trinajstić information content (AvgIpc) is 3.53. The summed E-state index contributed by atoms with van der Waals surface area (Å²) >= 11 is 0. The van der Waals surface area contributed by atoms with Crippen LogP contribution >= 0.6 is 0 Å². The van der Waals surface area contributed by atoms with E-state index in [1.807, 2.05) is 35.4 Å². The summed E-state index contributed by atoms with van der Waals surface area (Å²) in [7, 11) is 0. The Bertz CT molecular complexity index is 1150. The van der Waals surface area contributed by atoms with Gasteiger partial charge < -0.3 is 19.1 Å². The summed E-state index contributed by atoms with van der Waals surface area (Å²) in [4.78, 5) is 22.5. The first-order valence-electron chi connectivity index (χ1n) is 10.7. The van der Waals surface area contributed by atoms with Gasteiger partial charge in [-0.15, -0.1) is 0 Å². The summed E-state index contributed by atoms with van der Waals surface area (Å²) in [6.45, 7) is 5.16. The molecule has 6 heteroatoms. The number of pyridine rings is 1. The number of rotatable bonds is 2. The number of likely N-dealkylation sites (N-methyl/N-ethyl adjacent to an activating group) is 1. The minimum absolute atomic E-state index is 0.104. The molecule has 3 aromatic rings. The van der Waals surface area contributed by atoms with E-state index >= 15 is 0 Å². The molecule has 1 aromatic carbocycles. The van der Waals surface area contributed by atoms with Gasteiger partial charge in [0.15, 0.2) is 5.82 Å². The number of fused-ring (bicyclic) bond motifs is 5. The lowest BCUT2D eigenvalue weighted by Crippen LogP contribution is -2.52. The summed E-state index contributed by atoms with van der Waals surface area (Å²) in [5.41, 5.74) is 4.01. The van der Waals surface area contributed by atoms with E-state index in [1.165, 1.54) is 5.69 Å². The van der Waals surface area contributed by atoms with Crippen LogP contribution in [0.5, 0.6) is 5.75 Å². The molecule has 6 nitrogen and oxygen atoms in total. The highest BCUT2D eigenvalue weighted by molar-refractivity contribution is 5.95. The topological polar surface area (TPSA) is 50.6 Å². The quantitative estimate of drug-likeness (QED) is 0.662. The number of nitrogens with zero attached hydrogens (tertiary/aromatic N) is 4. The lowest BCUT2D eigenvalue weighted by molar-refractivity contribution is 0.0782. The molecule has 6 rings (SSSR count). The van der Waals surface area contributed by atoms with Crippen LogP contribution in [0.4, 0.5) is 5.69 Å². The van der Waals surface area contributed by atoms with Gasteiger partial charge in [-0.05, 0) is 61.4 Å². The molecule has 2 aromatic heterocycles. The van der Waals surface area contributed by atoms with Crippen LogP contribution < -0.4 is 9.64 Å². The van der Waals surface area contributed by atoms with Gasteiger partial charge in [0.05, 0.1) is 18.0 Å². The monoisotopic (exact) mass is 400 g/mol. The van der Waals surface area contributed by atoms with E-state index in [4.69, 9.17) is 4.74 Å². The molecule has 0 saturated carbocycles. The first-order chi connectivity index (χ1) is 14.7. The molecule has 0 bridgehead atoms. The summed E-state index contributed by atoms with van der Waals surface area (Å²) in [5.74, 6) is 1.98. The first-order valence-corrected chi connectivity index (χ1v) is 10.7. The van der Waals surface area contributed by atoms with Gasteiger partial charge in [-0.1, -0.05) is 0 Å². The molecule has 1 spiro atoms. The van der Waals surface area contributed by atoms with Crippen molar-refractivity contribution in [2.24, 2.45) is 0 Å². The molecule has 0 aliphatic carbocycles. The Hall–Kier alpha value is -3.28. The number of ether oxygens (including phenoxy) is 1. The highest BCUT2D eigenvalue weighted by atomic mass is 16.5. The normalized spacial score (nSPS) is 21.4. The van der Waals surface area contributed by atoms with Crippen LogP contribution in [0.25, 0.3) is 5.82 Å². The molecule has 1 saturated heterocycles. The second-order valence-corrected chi connectivity index (χ2v) is 8.28. The zero-order valence-corrected chi connectivity index (χ0v) is 17.0. The summed E-state index contributed by atoms with van der Waals surface area (Å²) in [6, 6.07) is 14.2. The van der Waals surface area contributed by atoms with Crippen molar-refractivity contribution >= 4 is 11.6 Å². The van der Waals surface area contributed by atoms with Gasteiger partial charge in [-0.25, -0.2) is 4.98 Å². The predicted molar refractivity (Wildman–Crippen MR) is 114 cm³/mol. The fourth-order valence-electron chi connectivity index (χ4n) is 5.47. The highest BCUT2D eigenvalue weighted by Gasteiger charge is 2.50. The Labute approximate surface area is 175 Å². The van der Waals surface area contributed by atoms with Crippen molar-refractivity contribution < 1.29 is 9.53 Å². The number of likely N-dealkylation sites (tertiary alicyclic amines) is 1. The molecule has 30 heavy (non-hydrogen) atoms. The zero-order chi connectivity index (χ0) is 20.3. The molecular weight excluding hydrogens is 376 g/mol. The first kappa shape index (κ1) is 17.6. The number of carbonyl (C=O) groups is 1. The molecule has 1 unspecified atom stereocenters. The lowest BCUT2D eigenvalue weighted by Gasteiger charge is -2.46. The maximum Gasteiger partial charge on any atom is 0.253 e. The maximum absolute atomic E-state index is 13.4. The Morgan fingerprint density at radius 3 is 3.07 bits per heavy atom. The molecule has 3 aliphatic heterocycles. The van der Waals surface area contributed by atoms with Crippen LogP contribution in [0.15, 0.2) is 54.9 Å². The summed E-state index contributed by atoms with van der Waals surface area (Å²) in [5, 5.41) is 0. The molecule has 3 aliphatic rings. The van der Waals surface area contributed by atoms with E-state index < -0.39 is 0 Å². The number of aromatic nitrogens is 2. The van der Waals surface area contributed by atoms with E-state index in [0.29, 0.717) is 13.2 Å². The fraction of sp³-hybridized carbons (Fsp3) is 0.333. The van der Waals surface area contributed by atoms with Crippen LogP contribution in [-0.2, 0) is 12.0 Å². The van der Waals surface area contributed by atoms with Crippen molar-refractivity contribution in [2.75, 3.05) is 31.1 Å². The van der Waals surface area contributed by atoms with Crippen LogP contribution in [0, 0.1) is 0 Å². The Morgan fingerprint density at radius 2 is 2.17 bits per heavy atom. The molecule has 5 heterocycles. The zero-order valence-electron chi connectivity index (χ0n) is 17.0. The second-order valence-electron chi connectivity index (χ2n) is 8.28. The van der Waals surface area contributed by atoms with E-state index in [2.05, 4.69) is 45.8 Å². The average molecular weight is 400 g/mol. The predicted octanol–water partition coefficient (Wildman–Crippen LogP) is 3.39. The van der Waals surface area contributed by atoms with E-state index in [1.54, 1.807) is 0 Å². The molecule has 152 valence electrons. The van der Waals surface area contributed by atoms with Crippen LogP contribution in [0.1, 0.15) is 35.0 Å². The van der Waals surface area contributed by atoms with Crippen LogP contribution in [0.3, 0.4) is 0 Å². The summed E-state index contributed by atoms with van der Waals surface area (Å²) in [6.07, 6.45) is 5.71. The standard InChI is InChI=1S/C24H24N4O2/c1-2-28-19-5-3-11-25-22(19)27-12-4-6-21(27)24(28)10-13-26(16-24)23(29)18-7-8-20-17(15-18)9-14-30-20/h3-8,11-12,15H,2,9-10,13-14,16H2,1H3. The van der Waals surface area contributed by atoms with Gasteiger partial charge in [0.1, 0.15) is 11.3 Å². The Balaban J connectivity index is 1.38. The second kappa shape index (κ2) is 6.36. The van der Waals surface area contributed by atoms with Gasteiger partial charge in [0.25, 0.3) is 5.91 Å². The van der Waals surface area contributed by atoms with E-state index in [9.17, 15) is 4.79 Å². The number of anilines is 1. The minimum atomic E-state index is -0.232. The van der Waals surface area contributed by atoms with Crippen molar-refractivity contribution in [3.8, 4) is 11.6 Å². The van der Waals surface area contributed by atoms with E-state index in [-0.39, 0.29) is 11.4 Å². The van der Waals surface area contributed by atoms with Crippen LogP contribution in [-0.4, -0.2) is 46.6 Å². The molecule has 1 amide bonds. The largest absolute Gasteiger partial charge is 0.493 e. The number of hydrogen-bond donors (Lipinski definition) is 0. The fourth-order valence-corrected chi connectivity index (χ4v) is 5.47. The van der Waals surface area contributed by atoms with Gasteiger partial charge in [0, 0.05) is 44.0 Å². The maximum atomic E-state index is 13.4. The molecule has 1 atom stereocenters. The number of amides is 1. The van der Waals surface area contributed by atoms with Crippen molar-refractivity contribution in [1.82, 2.24) is 14.5 Å². The third-order valence-corrected chi connectivity index (χ3v) is 6.81. The Morgan fingerprint density at radius 1 is 1.23 bits per heavy atom. The third-order valence-electron chi connectivity index (χ3n) is 6.81.